The van der Waals surface area contributed by atoms with Crippen molar-refractivity contribution >= 4 is 35.6 Å². The van der Waals surface area contributed by atoms with Gasteiger partial charge in [0.25, 0.3) is 5.91 Å². The first-order valence-electron chi connectivity index (χ1n) is 8.72. The molecule has 1 atom stereocenters. The molecule has 0 spiro atoms. The lowest BCUT2D eigenvalue weighted by Crippen LogP contribution is -2.49. The molecular weight excluding hydrogens is 403 g/mol. The van der Waals surface area contributed by atoms with Gasteiger partial charge in [-0.2, -0.15) is 0 Å². The lowest BCUT2D eigenvalue weighted by Gasteiger charge is -2.26. The Morgan fingerprint density at radius 1 is 1.24 bits per heavy atom. The summed E-state index contributed by atoms with van der Waals surface area (Å²) in [6.07, 6.45) is 0. The molecule has 1 aliphatic rings. The van der Waals surface area contributed by atoms with E-state index in [2.05, 4.69) is 21.5 Å². The van der Waals surface area contributed by atoms with Gasteiger partial charge in [0.15, 0.2) is 0 Å². The quantitative estimate of drug-likeness (QED) is 0.380. The van der Waals surface area contributed by atoms with E-state index in [1.807, 2.05) is 0 Å². The third-order valence-corrected chi connectivity index (χ3v) is 4.74. The van der Waals surface area contributed by atoms with Crippen LogP contribution in [0.1, 0.15) is 24.2 Å². The Morgan fingerprint density at radius 2 is 1.97 bits per heavy atom. The van der Waals surface area contributed by atoms with Crippen molar-refractivity contribution in [2.24, 2.45) is 0 Å². The maximum absolute atomic E-state index is 13.5. The minimum absolute atomic E-state index is 0.0746. The average Bonchev–Trinajstić information content (AvgIpc) is 2.66. The molecule has 0 saturated heterocycles. The number of rotatable bonds is 7. The molecule has 0 saturated carbocycles. The van der Waals surface area contributed by atoms with Gasteiger partial charge in [0.1, 0.15) is 5.82 Å². The monoisotopic (exact) mass is 424 g/mol. The molecule has 156 valence electrons. The maximum atomic E-state index is 13.5. The molecule has 1 heterocycles. The van der Waals surface area contributed by atoms with Gasteiger partial charge in [-0.1, -0.05) is 12.1 Å². The zero-order chi connectivity index (χ0) is 21.4. The zero-order valence-electron chi connectivity index (χ0n) is 15.8. The Balaban J connectivity index is 1.88. The Hall–Kier alpha value is -3.08. The fourth-order valence-electron chi connectivity index (χ4n) is 2.51. The zero-order valence-corrected chi connectivity index (χ0v) is 16.7. The van der Waals surface area contributed by atoms with Crippen molar-refractivity contribution in [2.45, 2.75) is 19.9 Å². The van der Waals surface area contributed by atoms with E-state index in [4.69, 9.17) is 4.74 Å². The summed E-state index contributed by atoms with van der Waals surface area (Å²) < 4.78 is 18.5. The van der Waals surface area contributed by atoms with Crippen LogP contribution in [0.3, 0.4) is 0 Å². The number of amides is 4. The van der Waals surface area contributed by atoms with Crippen molar-refractivity contribution in [3.8, 4) is 0 Å². The predicted molar refractivity (Wildman–Crippen MR) is 104 cm³/mol. The molecule has 4 N–H and O–H groups in total. The van der Waals surface area contributed by atoms with Crippen LogP contribution in [0.5, 0.6) is 0 Å². The number of halogens is 1. The van der Waals surface area contributed by atoms with Crippen LogP contribution >= 0.6 is 11.8 Å². The van der Waals surface area contributed by atoms with Crippen molar-refractivity contribution in [2.75, 3.05) is 18.1 Å². The van der Waals surface area contributed by atoms with Gasteiger partial charge in [-0.05, 0) is 26.0 Å². The van der Waals surface area contributed by atoms with Crippen molar-refractivity contribution in [3.05, 3.63) is 46.9 Å². The number of thioether (sulfide) groups is 1. The highest BCUT2D eigenvalue weighted by Gasteiger charge is 2.29. The van der Waals surface area contributed by atoms with Crippen LogP contribution in [-0.4, -0.2) is 48.0 Å². The van der Waals surface area contributed by atoms with Crippen LogP contribution in [-0.2, 0) is 14.3 Å². The second-order valence-corrected chi connectivity index (χ2v) is 6.89. The summed E-state index contributed by atoms with van der Waals surface area (Å²) in [6, 6.07) is 4.38. The molecule has 29 heavy (non-hydrogen) atoms. The standard InChI is InChI=1S/C18H21FN4O5S/c1-3-28-17(26)15-10(2)20-18(27)21-13(15)8-29-9-14(24)22-23-16(25)11-6-4-5-7-12(11)19/h4-7,10H,3,8-9H2,1-2H3,(H,22,24)(H,23,25)(H2,20,21,27). The minimum Gasteiger partial charge on any atom is -0.463 e. The first kappa shape index (κ1) is 22.2. The molecule has 1 aromatic carbocycles. The Bertz CT molecular complexity index is 845. The molecule has 0 aromatic heterocycles. The van der Waals surface area contributed by atoms with Gasteiger partial charge >= 0.3 is 12.0 Å². The third-order valence-electron chi connectivity index (χ3n) is 3.78. The van der Waals surface area contributed by atoms with Gasteiger partial charge in [0, 0.05) is 11.4 Å². The molecular formula is C18H21FN4O5S. The summed E-state index contributed by atoms with van der Waals surface area (Å²) in [6.45, 7) is 3.51. The van der Waals surface area contributed by atoms with E-state index in [0.717, 1.165) is 17.8 Å². The molecule has 2 rings (SSSR count). The number of esters is 1. The first-order chi connectivity index (χ1) is 13.8. The van der Waals surface area contributed by atoms with E-state index in [0.29, 0.717) is 5.70 Å². The minimum atomic E-state index is -0.784. The molecule has 1 aliphatic heterocycles. The van der Waals surface area contributed by atoms with E-state index >= 15 is 0 Å². The van der Waals surface area contributed by atoms with Gasteiger partial charge < -0.3 is 15.4 Å². The SMILES string of the molecule is CCOC(=O)C1=C(CSCC(=O)NNC(=O)c2ccccc2F)NC(=O)NC1C. The van der Waals surface area contributed by atoms with Crippen molar-refractivity contribution in [1.29, 1.82) is 0 Å². The highest BCUT2D eigenvalue weighted by atomic mass is 32.2. The summed E-state index contributed by atoms with van der Waals surface area (Å²) in [5.41, 5.74) is 4.75. The van der Waals surface area contributed by atoms with Crippen molar-refractivity contribution in [1.82, 2.24) is 21.5 Å². The fraction of sp³-hybridized carbons (Fsp3) is 0.333. The second kappa shape index (κ2) is 10.5. The summed E-state index contributed by atoms with van der Waals surface area (Å²) in [5.74, 6) is -2.48. The summed E-state index contributed by atoms with van der Waals surface area (Å²) in [5, 5.41) is 5.13. The number of carbonyl (C=O) groups excluding carboxylic acids is 4. The van der Waals surface area contributed by atoms with Gasteiger partial charge in [-0.25, -0.2) is 14.0 Å². The number of ether oxygens (including phenoxy) is 1. The fourth-order valence-corrected chi connectivity index (χ4v) is 3.31. The van der Waals surface area contributed by atoms with Gasteiger partial charge in [0.05, 0.1) is 29.5 Å². The smallest absolute Gasteiger partial charge is 0.337 e. The Morgan fingerprint density at radius 3 is 2.66 bits per heavy atom. The molecule has 1 aromatic rings. The van der Waals surface area contributed by atoms with Crippen molar-refractivity contribution < 1.29 is 28.3 Å². The number of hydrogen-bond acceptors (Lipinski definition) is 6. The normalized spacial score (nSPS) is 15.8. The lowest BCUT2D eigenvalue weighted by molar-refractivity contribution is -0.139. The number of urea groups is 1. The van der Waals surface area contributed by atoms with E-state index in [1.165, 1.54) is 18.2 Å². The number of benzene rings is 1. The van der Waals surface area contributed by atoms with Gasteiger partial charge in [-0.3, -0.25) is 20.4 Å². The van der Waals surface area contributed by atoms with E-state index in [-0.39, 0.29) is 29.2 Å². The topological polar surface area (TPSA) is 126 Å². The number of hydrogen-bond donors (Lipinski definition) is 4. The number of nitrogens with one attached hydrogen (secondary N) is 4. The number of hydrazine groups is 1. The van der Waals surface area contributed by atoms with E-state index in [9.17, 15) is 23.6 Å². The van der Waals surface area contributed by atoms with Crippen LogP contribution in [0.15, 0.2) is 35.5 Å². The van der Waals surface area contributed by atoms with E-state index < -0.39 is 35.7 Å². The molecule has 1 unspecified atom stereocenters. The predicted octanol–water partition coefficient (Wildman–Crippen LogP) is 0.838. The second-order valence-electron chi connectivity index (χ2n) is 5.91. The maximum Gasteiger partial charge on any atom is 0.337 e. The van der Waals surface area contributed by atoms with Crippen LogP contribution in [0.2, 0.25) is 0 Å². The molecule has 0 fully saturated rings. The summed E-state index contributed by atoms with van der Waals surface area (Å²) in [7, 11) is 0. The third kappa shape index (κ3) is 6.21. The van der Waals surface area contributed by atoms with Crippen LogP contribution in [0, 0.1) is 5.82 Å². The highest BCUT2D eigenvalue weighted by molar-refractivity contribution is 8.00. The Labute approximate surface area is 170 Å². The first-order valence-corrected chi connectivity index (χ1v) is 9.88. The summed E-state index contributed by atoms with van der Waals surface area (Å²) in [4.78, 5) is 47.6. The lowest BCUT2D eigenvalue weighted by atomic mass is 10.1. The van der Waals surface area contributed by atoms with E-state index in [1.54, 1.807) is 13.8 Å². The largest absolute Gasteiger partial charge is 0.463 e. The number of carbonyl (C=O) groups is 4. The Kier molecular flexibility index (Phi) is 8.01. The molecule has 4 amide bonds. The molecule has 0 radical (unpaired) electrons. The van der Waals surface area contributed by atoms with Gasteiger partial charge in [-0.15, -0.1) is 11.8 Å². The highest BCUT2D eigenvalue weighted by Crippen LogP contribution is 2.18. The van der Waals surface area contributed by atoms with Crippen LogP contribution < -0.4 is 21.5 Å². The molecule has 11 heteroatoms. The van der Waals surface area contributed by atoms with Crippen LogP contribution in [0.4, 0.5) is 9.18 Å². The van der Waals surface area contributed by atoms with Crippen molar-refractivity contribution in [3.63, 3.8) is 0 Å². The molecule has 0 aliphatic carbocycles. The molecule has 9 nitrogen and oxygen atoms in total. The summed E-state index contributed by atoms with van der Waals surface area (Å²) >= 11 is 1.12. The molecule has 0 bridgehead atoms. The average molecular weight is 424 g/mol. The van der Waals surface area contributed by atoms with Gasteiger partial charge in [0.2, 0.25) is 5.91 Å². The van der Waals surface area contributed by atoms with Crippen LogP contribution in [0.25, 0.3) is 0 Å².